The number of carbonyl (C=O) groups excluding carboxylic acids is 1. The maximum atomic E-state index is 12.3. The van der Waals surface area contributed by atoms with Crippen molar-refractivity contribution in [3.63, 3.8) is 0 Å². The first-order valence-corrected chi connectivity index (χ1v) is 7.33. The lowest BCUT2D eigenvalue weighted by Gasteiger charge is -2.21. The first kappa shape index (κ1) is 18.9. The molecule has 0 aromatic carbocycles. The van der Waals surface area contributed by atoms with Crippen molar-refractivity contribution in [2.75, 3.05) is 13.7 Å². The number of rotatable bonds is 7. The third kappa shape index (κ3) is 6.23. The Morgan fingerprint density at radius 3 is 2.52 bits per heavy atom. The van der Waals surface area contributed by atoms with E-state index in [0.717, 1.165) is 0 Å². The van der Waals surface area contributed by atoms with E-state index in [9.17, 15) is 14.7 Å². The first-order chi connectivity index (χ1) is 10.6. The summed E-state index contributed by atoms with van der Waals surface area (Å²) in [5.41, 5.74) is 0.532. The van der Waals surface area contributed by atoms with E-state index >= 15 is 0 Å². The van der Waals surface area contributed by atoms with E-state index in [1.54, 1.807) is 19.1 Å². The summed E-state index contributed by atoms with van der Waals surface area (Å²) >= 11 is 0. The molecule has 0 aliphatic carbocycles. The number of carboxylic acid groups (broad SMARTS) is 1. The Morgan fingerprint density at radius 1 is 1.35 bits per heavy atom. The van der Waals surface area contributed by atoms with Crippen molar-refractivity contribution in [3.8, 4) is 5.88 Å². The number of aryl methyl sites for hydroxylation is 1. The first-order valence-electron chi connectivity index (χ1n) is 7.33. The lowest BCUT2D eigenvalue weighted by atomic mass is 10.1. The van der Waals surface area contributed by atoms with E-state index in [1.807, 2.05) is 20.8 Å². The molecule has 23 heavy (non-hydrogen) atoms. The van der Waals surface area contributed by atoms with E-state index in [1.165, 1.54) is 7.11 Å². The number of carboxylic acids is 1. The third-order valence-electron chi connectivity index (χ3n) is 2.98. The summed E-state index contributed by atoms with van der Waals surface area (Å²) in [5.74, 6) is -1.50. The second-order valence-electron chi connectivity index (χ2n) is 6.12. The zero-order valence-electron chi connectivity index (χ0n) is 14.2. The number of aliphatic carboxylic acids is 1. The van der Waals surface area contributed by atoms with Gasteiger partial charge in [-0.3, -0.25) is 4.79 Å². The van der Waals surface area contributed by atoms with Gasteiger partial charge in [0.05, 0.1) is 12.7 Å². The number of carbonyl (C=O) groups is 2. The standard InChI is InChI=1S/C16H24N2O5/c1-10-6-7-11(14(17-10)22-5)13(19)18-12(15(20)21)8-9-23-16(2,3)4/h6-7,12H,8-9H2,1-5H3,(H,18,19)(H,20,21). The molecule has 7 heteroatoms. The summed E-state index contributed by atoms with van der Waals surface area (Å²) < 4.78 is 10.6. The molecule has 0 aliphatic rings. The Bertz CT molecular complexity index is 566. The van der Waals surface area contributed by atoms with Crippen molar-refractivity contribution >= 4 is 11.9 Å². The summed E-state index contributed by atoms with van der Waals surface area (Å²) in [6, 6.07) is 2.17. The molecule has 0 radical (unpaired) electrons. The molecule has 7 nitrogen and oxygen atoms in total. The number of amides is 1. The molecule has 1 rings (SSSR count). The average molecular weight is 324 g/mol. The highest BCUT2D eigenvalue weighted by Gasteiger charge is 2.23. The number of ether oxygens (including phenoxy) is 2. The Labute approximate surface area is 136 Å². The SMILES string of the molecule is COc1nc(C)ccc1C(=O)NC(CCOC(C)(C)C)C(=O)O. The largest absolute Gasteiger partial charge is 0.480 e. The van der Waals surface area contributed by atoms with E-state index in [4.69, 9.17) is 9.47 Å². The quantitative estimate of drug-likeness (QED) is 0.793. The predicted molar refractivity (Wildman–Crippen MR) is 84.7 cm³/mol. The number of hydrogen-bond donors (Lipinski definition) is 2. The molecule has 0 saturated heterocycles. The highest BCUT2D eigenvalue weighted by Crippen LogP contribution is 2.16. The van der Waals surface area contributed by atoms with Crippen LogP contribution in [0.2, 0.25) is 0 Å². The van der Waals surface area contributed by atoms with Crippen molar-refractivity contribution < 1.29 is 24.2 Å². The summed E-state index contributed by atoms with van der Waals surface area (Å²) in [6.45, 7) is 7.64. The molecular formula is C16H24N2O5. The van der Waals surface area contributed by atoms with Gasteiger partial charge in [0.1, 0.15) is 11.6 Å². The minimum absolute atomic E-state index is 0.164. The number of hydrogen-bond acceptors (Lipinski definition) is 5. The van der Waals surface area contributed by atoms with Gasteiger partial charge in [0.2, 0.25) is 5.88 Å². The minimum atomic E-state index is -1.12. The van der Waals surface area contributed by atoms with Gasteiger partial charge in [-0.2, -0.15) is 0 Å². The van der Waals surface area contributed by atoms with Crippen LogP contribution >= 0.6 is 0 Å². The van der Waals surface area contributed by atoms with Gasteiger partial charge < -0.3 is 19.9 Å². The molecule has 1 amide bonds. The normalized spacial score (nSPS) is 12.6. The molecule has 0 aliphatic heterocycles. The number of nitrogens with zero attached hydrogens (tertiary/aromatic N) is 1. The van der Waals surface area contributed by atoms with Crippen molar-refractivity contribution in [1.82, 2.24) is 10.3 Å². The van der Waals surface area contributed by atoms with Crippen molar-refractivity contribution in [2.24, 2.45) is 0 Å². The van der Waals surface area contributed by atoms with E-state index in [0.29, 0.717) is 5.69 Å². The molecule has 0 spiro atoms. The van der Waals surface area contributed by atoms with Gasteiger partial charge in [-0.05, 0) is 39.8 Å². The molecule has 2 N–H and O–H groups in total. The molecule has 0 fully saturated rings. The number of nitrogens with one attached hydrogen (secondary N) is 1. The Hall–Kier alpha value is -2.15. The zero-order chi connectivity index (χ0) is 17.6. The molecule has 1 aromatic heterocycles. The van der Waals surface area contributed by atoms with Crippen LogP contribution in [0.5, 0.6) is 5.88 Å². The van der Waals surface area contributed by atoms with Gasteiger partial charge in [-0.1, -0.05) is 0 Å². The van der Waals surface area contributed by atoms with Gasteiger partial charge in [0.15, 0.2) is 0 Å². The molecule has 1 aromatic rings. The highest BCUT2D eigenvalue weighted by atomic mass is 16.5. The zero-order valence-corrected chi connectivity index (χ0v) is 14.2. The molecule has 1 heterocycles. The van der Waals surface area contributed by atoms with E-state index < -0.39 is 17.9 Å². The monoisotopic (exact) mass is 324 g/mol. The van der Waals surface area contributed by atoms with Gasteiger partial charge in [-0.25, -0.2) is 9.78 Å². The van der Waals surface area contributed by atoms with Crippen molar-refractivity contribution in [1.29, 1.82) is 0 Å². The Kier molecular flexibility index (Phi) is 6.50. The third-order valence-corrected chi connectivity index (χ3v) is 2.98. The lowest BCUT2D eigenvalue weighted by molar-refractivity contribution is -0.140. The number of pyridine rings is 1. The number of methoxy groups -OCH3 is 1. The van der Waals surface area contributed by atoms with Gasteiger partial charge in [-0.15, -0.1) is 0 Å². The second-order valence-corrected chi connectivity index (χ2v) is 6.12. The van der Waals surface area contributed by atoms with Crippen LogP contribution in [0.15, 0.2) is 12.1 Å². The molecule has 1 atom stereocenters. The summed E-state index contributed by atoms with van der Waals surface area (Å²) in [5, 5.41) is 11.7. The van der Waals surface area contributed by atoms with Crippen LogP contribution in [0.1, 0.15) is 43.2 Å². The number of aromatic nitrogens is 1. The summed E-state index contributed by atoms with van der Waals surface area (Å²) in [4.78, 5) is 27.7. The molecule has 0 bridgehead atoms. The van der Waals surface area contributed by atoms with Crippen LogP contribution in [0.4, 0.5) is 0 Å². The fraction of sp³-hybridized carbons (Fsp3) is 0.562. The highest BCUT2D eigenvalue weighted by molar-refractivity contribution is 5.98. The Morgan fingerprint density at radius 2 is 2.00 bits per heavy atom. The smallest absolute Gasteiger partial charge is 0.326 e. The van der Waals surface area contributed by atoms with Crippen LogP contribution in [0.3, 0.4) is 0 Å². The van der Waals surface area contributed by atoms with E-state index in [-0.39, 0.29) is 30.1 Å². The predicted octanol–water partition coefficient (Wildman–Crippen LogP) is 1.79. The average Bonchev–Trinajstić information content (AvgIpc) is 2.44. The molecular weight excluding hydrogens is 300 g/mol. The van der Waals surface area contributed by atoms with Crippen molar-refractivity contribution in [3.05, 3.63) is 23.4 Å². The van der Waals surface area contributed by atoms with Crippen LogP contribution in [-0.2, 0) is 9.53 Å². The van der Waals surface area contributed by atoms with Crippen LogP contribution < -0.4 is 10.1 Å². The Balaban J connectivity index is 2.77. The second kappa shape index (κ2) is 7.92. The molecule has 128 valence electrons. The van der Waals surface area contributed by atoms with Crippen molar-refractivity contribution in [2.45, 2.75) is 45.8 Å². The van der Waals surface area contributed by atoms with E-state index in [2.05, 4.69) is 10.3 Å². The summed E-state index contributed by atoms with van der Waals surface area (Å²) in [7, 11) is 1.41. The van der Waals surface area contributed by atoms with Gasteiger partial charge >= 0.3 is 5.97 Å². The maximum absolute atomic E-state index is 12.3. The minimum Gasteiger partial charge on any atom is -0.480 e. The summed E-state index contributed by atoms with van der Waals surface area (Å²) in [6.07, 6.45) is 0.167. The maximum Gasteiger partial charge on any atom is 0.326 e. The van der Waals surface area contributed by atoms with Gasteiger partial charge in [0.25, 0.3) is 5.91 Å². The van der Waals surface area contributed by atoms with Crippen LogP contribution in [0.25, 0.3) is 0 Å². The lowest BCUT2D eigenvalue weighted by Crippen LogP contribution is -2.42. The van der Waals surface area contributed by atoms with Crippen LogP contribution in [0, 0.1) is 6.92 Å². The van der Waals surface area contributed by atoms with Gasteiger partial charge in [0, 0.05) is 18.7 Å². The topological polar surface area (TPSA) is 97.8 Å². The molecule has 1 unspecified atom stereocenters. The van der Waals surface area contributed by atoms with Crippen LogP contribution in [-0.4, -0.2) is 47.3 Å². The fourth-order valence-corrected chi connectivity index (χ4v) is 1.84. The fourth-order valence-electron chi connectivity index (χ4n) is 1.84. The molecule has 0 saturated carbocycles.